The zero-order valence-corrected chi connectivity index (χ0v) is 6.34. The maximum absolute atomic E-state index is 8.77. The minimum absolute atomic E-state index is 0.0590. The van der Waals surface area contributed by atoms with Gasteiger partial charge in [-0.1, -0.05) is 0 Å². The first kappa shape index (κ1) is 8.47. The highest BCUT2D eigenvalue weighted by Crippen LogP contribution is 2.16. The van der Waals surface area contributed by atoms with E-state index in [1.54, 1.807) is 0 Å². The number of hydrogen-bond donors (Lipinski definition) is 2. The molecule has 0 spiro atoms. The van der Waals surface area contributed by atoms with E-state index in [-0.39, 0.29) is 6.61 Å². The zero-order valence-electron chi connectivity index (χ0n) is 6.34. The Balaban J connectivity index is 2.41. The van der Waals surface area contributed by atoms with Crippen LogP contribution in [-0.2, 0) is 4.74 Å². The molecular formula is C7H12N2O2. The van der Waals surface area contributed by atoms with Crippen molar-refractivity contribution in [2.75, 3.05) is 26.4 Å². The molecule has 0 radical (unpaired) electrons. The van der Waals surface area contributed by atoms with Gasteiger partial charge >= 0.3 is 0 Å². The van der Waals surface area contributed by atoms with Crippen molar-refractivity contribution in [2.24, 2.45) is 0 Å². The third kappa shape index (κ3) is 1.90. The fraction of sp³-hybridized carbons (Fsp3) is 0.857. The molecule has 1 rings (SSSR count). The number of rotatable bonds is 3. The lowest BCUT2D eigenvalue weighted by molar-refractivity contribution is 0.177. The van der Waals surface area contributed by atoms with E-state index in [2.05, 4.69) is 11.4 Å². The van der Waals surface area contributed by atoms with E-state index in [1.807, 2.05) is 0 Å². The van der Waals surface area contributed by atoms with Crippen molar-refractivity contribution in [3.05, 3.63) is 0 Å². The van der Waals surface area contributed by atoms with Crippen molar-refractivity contribution in [1.29, 1.82) is 5.26 Å². The van der Waals surface area contributed by atoms with Crippen LogP contribution < -0.4 is 5.32 Å². The molecule has 1 fully saturated rings. The summed E-state index contributed by atoms with van der Waals surface area (Å²) in [6.45, 7) is 1.58. The molecule has 4 nitrogen and oxygen atoms in total. The Morgan fingerprint density at radius 1 is 1.73 bits per heavy atom. The molecule has 0 aromatic rings. The first-order valence-corrected chi connectivity index (χ1v) is 3.68. The second-order valence-corrected chi connectivity index (χ2v) is 2.65. The topological polar surface area (TPSA) is 65.3 Å². The summed E-state index contributed by atoms with van der Waals surface area (Å²) in [4.78, 5) is 0. The monoisotopic (exact) mass is 156 g/mol. The van der Waals surface area contributed by atoms with Crippen LogP contribution in [0.25, 0.3) is 0 Å². The van der Waals surface area contributed by atoms with Crippen LogP contribution >= 0.6 is 0 Å². The Kier molecular flexibility index (Phi) is 2.83. The lowest BCUT2D eigenvalue weighted by atomic mass is 10.0. The summed E-state index contributed by atoms with van der Waals surface area (Å²) in [5.41, 5.74) is -0.539. The van der Waals surface area contributed by atoms with E-state index in [4.69, 9.17) is 15.1 Å². The SMILES string of the molecule is N#CC1(NCCO)CCOC1. The minimum Gasteiger partial charge on any atom is -0.395 e. The molecular weight excluding hydrogens is 144 g/mol. The molecule has 1 aliphatic rings. The van der Waals surface area contributed by atoms with E-state index in [0.29, 0.717) is 26.2 Å². The molecule has 2 N–H and O–H groups in total. The van der Waals surface area contributed by atoms with Gasteiger partial charge in [-0.2, -0.15) is 5.26 Å². The lowest BCUT2D eigenvalue weighted by Crippen LogP contribution is -2.45. The number of nitrogens with zero attached hydrogens (tertiary/aromatic N) is 1. The highest BCUT2D eigenvalue weighted by Gasteiger charge is 2.33. The Bertz CT molecular complexity index is 158. The molecule has 1 aliphatic heterocycles. The fourth-order valence-corrected chi connectivity index (χ4v) is 1.13. The van der Waals surface area contributed by atoms with Gasteiger partial charge in [0, 0.05) is 19.6 Å². The number of aliphatic hydroxyl groups is 1. The Labute approximate surface area is 65.8 Å². The van der Waals surface area contributed by atoms with Crippen LogP contribution in [0, 0.1) is 11.3 Å². The average Bonchev–Trinajstić information content (AvgIpc) is 2.50. The summed E-state index contributed by atoms with van der Waals surface area (Å²) >= 11 is 0. The average molecular weight is 156 g/mol. The van der Waals surface area contributed by atoms with Gasteiger partial charge in [0.05, 0.1) is 19.3 Å². The molecule has 1 atom stereocenters. The third-order valence-electron chi connectivity index (χ3n) is 1.81. The van der Waals surface area contributed by atoms with Gasteiger partial charge in [0.15, 0.2) is 0 Å². The van der Waals surface area contributed by atoms with E-state index in [9.17, 15) is 0 Å². The molecule has 1 saturated heterocycles. The summed E-state index contributed by atoms with van der Waals surface area (Å²) in [6.07, 6.45) is 0.712. The summed E-state index contributed by atoms with van der Waals surface area (Å²) in [5.74, 6) is 0. The highest BCUT2D eigenvalue weighted by atomic mass is 16.5. The zero-order chi connectivity index (χ0) is 8.16. The Morgan fingerprint density at radius 2 is 2.55 bits per heavy atom. The first-order chi connectivity index (χ1) is 5.33. The van der Waals surface area contributed by atoms with Crippen molar-refractivity contribution >= 4 is 0 Å². The van der Waals surface area contributed by atoms with Crippen LogP contribution in [0.15, 0.2) is 0 Å². The molecule has 0 aromatic heterocycles. The Hall–Kier alpha value is -0.630. The van der Waals surface area contributed by atoms with Gasteiger partial charge in [-0.25, -0.2) is 0 Å². The van der Waals surface area contributed by atoms with Crippen LogP contribution in [0.3, 0.4) is 0 Å². The smallest absolute Gasteiger partial charge is 0.132 e. The van der Waals surface area contributed by atoms with Gasteiger partial charge in [0.25, 0.3) is 0 Å². The van der Waals surface area contributed by atoms with Crippen molar-refractivity contribution in [2.45, 2.75) is 12.0 Å². The van der Waals surface area contributed by atoms with E-state index < -0.39 is 5.54 Å². The Morgan fingerprint density at radius 3 is 3.00 bits per heavy atom. The highest BCUT2D eigenvalue weighted by molar-refractivity contribution is 5.09. The molecule has 0 bridgehead atoms. The maximum atomic E-state index is 8.77. The number of ether oxygens (including phenoxy) is 1. The summed E-state index contributed by atoms with van der Waals surface area (Å²) < 4.78 is 5.08. The molecule has 1 unspecified atom stereocenters. The summed E-state index contributed by atoms with van der Waals surface area (Å²) in [7, 11) is 0. The van der Waals surface area contributed by atoms with Gasteiger partial charge in [0.2, 0.25) is 0 Å². The number of nitrogens with one attached hydrogen (secondary N) is 1. The normalized spacial score (nSPS) is 30.2. The largest absolute Gasteiger partial charge is 0.395 e. The van der Waals surface area contributed by atoms with Gasteiger partial charge in [-0.3, -0.25) is 5.32 Å². The number of aliphatic hydroxyl groups excluding tert-OH is 1. The van der Waals surface area contributed by atoms with Gasteiger partial charge in [0.1, 0.15) is 5.54 Å². The van der Waals surface area contributed by atoms with Crippen molar-refractivity contribution in [3.8, 4) is 6.07 Å². The minimum atomic E-state index is -0.539. The molecule has 0 saturated carbocycles. The second-order valence-electron chi connectivity index (χ2n) is 2.65. The summed E-state index contributed by atoms with van der Waals surface area (Å²) in [5, 5.41) is 20.3. The molecule has 11 heavy (non-hydrogen) atoms. The lowest BCUT2D eigenvalue weighted by Gasteiger charge is -2.19. The standard InChI is InChI=1S/C7H12N2O2/c8-5-7(9-2-3-10)1-4-11-6-7/h9-10H,1-4,6H2. The predicted molar refractivity (Wildman–Crippen MR) is 38.9 cm³/mol. The van der Waals surface area contributed by atoms with E-state index >= 15 is 0 Å². The van der Waals surface area contributed by atoms with Crippen LogP contribution in [0.2, 0.25) is 0 Å². The van der Waals surface area contributed by atoms with E-state index in [0.717, 1.165) is 0 Å². The molecule has 4 heteroatoms. The third-order valence-corrected chi connectivity index (χ3v) is 1.81. The van der Waals surface area contributed by atoms with Crippen molar-refractivity contribution in [1.82, 2.24) is 5.32 Å². The van der Waals surface area contributed by atoms with Gasteiger partial charge < -0.3 is 9.84 Å². The molecule has 0 aliphatic carbocycles. The van der Waals surface area contributed by atoms with Crippen molar-refractivity contribution < 1.29 is 9.84 Å². The molecule has 1 heterocycles. The quantitative estimate of drug-likeness (QED) is 0.564. The molecule has 0 amide bonds. The van der Waals surface area contributed by atoms with Gasteiger partial charge in [-0.15, -0.1) is 0 Å². The predicted octanol–water partition coefficient (Wildman–Crippen LogP) is -0.749. The first-order valence-electron chi connectivity index (χ1n) is 3.68. The number of hydrogen-bond acceptors (Lipinski definition) is 4. The number of β-amino-alcohol motifs (C(OH)–C–C–N with tert-alkyl or cyclic N) is 1. The maximum Gasteiger partial charge on any atom is 0.132 e. The van der Waals surface area contributed by atoms with Crippen LogP contribution in [0.4, 0.5) is 0 Å². The fourth-order valence-electron chi connectivity index (χ4n) is 1.13. The number of nitriles is 1. The molecule has 0 aromatic carbocycles. The summed E-state index contributed by atoms with van der Waals surface area (Å²) in [6, 6.07) is 2.16. The second kappa shape index (κ2) is 3.67. The van der Waals surface area contributed by atoms with Gasteiger partial charge in [-0.05, 0) is 0 Å². The van der Waals surface area contributed by atoms with Crippen LogP contribution in [0.1, 0.15) is 6.42 Å². The molecule has 62 valence electrons. The van der Waals surface area contributed by atoms with Crippen LogP contribution in [0.5, 0.6) is 0 Å². The van der Waals surface area contributed by atoms with E-state index in [1.165, 1.54) is 0 Å². The van der Waals surface area contributed by atoms with Crippen molar-refractivity contribution in [3.63, 3.8) is 0 Å². The van der Waals surface area contributed by atoms with Crippen LogP contribution in [-0.4, -0.2) is 37.0 Å².